The highest BCUT2D eigenvalue weighted by molar-refractivity contribution is 5.95. The van der Waals surface area contributed by atoms with Crippen LogP contribution in [-0.4, -0.2) is 43.6 Å². The van der Waals surface area contributed by atoms with Crippen LogP contribution in [0.25, 0.3) is 0 Å². The quantitative estimate of drug-likeness (QED) is 0.839. The van der Waals surface area contributed by atoms with E-state index >= 15 is 0 Å². The van der Waals surface area contributed by atoms with Crippen molar-refractivity contribution in [2.45, 2.75) is 33.4 Å². The van der Waals surface area contributed by atoms with Gasteiger partial charge in [-0.1, -0.05) is 17.7 Å². The predicted octanol–water partition coefficient (Wildman–Crippen LogP) is 1.67. The van der Waals surface area contributed by atoms with E-state index in [-0.39, 0.29) is 18.5 Å². The number of carbonyl (C=O) groups excluding carboxylic acids is 2. The summed E-state index contributed by atoms with van der Waals surface area (Å²) < 4.78 is 5.32. The molecule has 2 N–H and O–H groups in total. The minimum absolute atomic E-state index is 0.0120. The lowest BCUT2D eigenvalue weighted by Crippen LogP contribution is -2.45. The van der Waals surface area contributed by atoms with E-state index in [4.69, 9.17) is 4.74 Å². The van der Waals surface area contributed by atoms with Gasteiger partial charge in [0.1, 0.15) is 5.75 Å². The second-order valence-electron chi connectivity index (χ2n) is 5.66. The molecule has 0 spiro atoms. The summed E-state index contributed by atoms with van der Waals surface area (Å²) in [6.45, 7) is 6.36. The summed E-state index contributed by atoms with van der Waals surface area (Å²) in [7, 11) is 3.44. The fourth-order valence-corrected chi connectivity index (χ4v) is 2.09. The molecule has 0 aliphatic rings. The van der Waals surface area contributed by atoms with Crippen LogP contribution in [0.15, 0.2) is 18.2 Å². The zero-order valence-corrected chi connectivity index (χ0v) is 13.9. The molecule has 3 amide bonds. The van der Waals surface area contributed by atoms with Gasteiger partial charge >= 0.3 is 6.03 Å². The molecule has 22 heavy (non-hydrogen) atoms. The second kappa shape index (κ2) is 8.38. The lowest BCUT2D eigenvalue weighted by Gasteiger charge is -2.18. The molecule has 122 valence electrons. The van der Waals surface area contributed by atoms with Gasteiger partial charge in [0.15, 0.2) is 0 Å². The maximum Gasteiger partial charge on any atom is 0.321 e. The van der Waals surface area contributed by atoms with Gasteiger partial charge in [0.2, 0.25) is 5.91 Å². The minimum Gasteiger partial charge on any atom is -0.496 e. The Morgan fingerprint density at radius 2 is 2.00 bits per heavy atom. The Morgan fingerprint density at radius 1 is 1.32 bits per heavy atom. The highest BCUT2D eigenvalue weighted by Gasteiger charge is 2.13. The lowest BCUT2D eigenvalue weighted by atomic mass is 10.1. The number of hydrogen-bond acceptors (Lipinski definition) is 4. The molecular formula is C16H25N3O3. The van der Waals surface area contributed by atoms with Crippen molar-refractivity contribution in [3.05, 3.63) is 29.3 Å². The van der Waals surface area contributed by atoms with Gasteiger partial charge in [-0.25, -0.2) is 4.79 Å². The van der Waals surface area contributed by atoms with Gasteiger partial charge in [-0.05, 0) is 33.9 Å². The molecule has 0 fully saturated rings. The molecule has 0 atom stereocenters. The standard InChI is InChI=1S/C16H25N3O3/c1-11(2)17-16(21)18-15(20)10-19(4)9-13-8-12(3)6-7-14(13)22-5/h6-8,11H,9-10H2,1-5H3,(H2,17,18,20,21). The predicted molar refractivity (Wildman–Crippen MR) is 85.9 cm³/mol. The Balaban J connectivity index is 2.55. The molecule has 6 heteroatoms. The molecule has 0 aliphatic carbocycles. The number of methoxy groups -OCH3 is 1. The van der Waals surface area contributed by atoms with E-state index in [1.165, 1.54) is 0 Å². The molecule has 0 saturated carbocycles. The van der Waals surface area contributed by atoms with Gasteiger partial charge < -0.3 is 10.1 Å². The van der Waals surface area contributed by atoms with E-state index in [0.717, 1.165) is 16.9 Å². The minimum atomic E-state index is -0.471. The fourth-order valence-electron chi connectivity index (χ4n) is 2.09. The molecule has 0 aliphatic heterocycles. The Kier molecular flexibility index (Phi) is 6.85. The fraction of sp³-hybridized carbons (Fsp3) is 0.500. The van der Waals surface area contributed by atoms with Crippen LogP contribution >= 0.6 is 0 Å². The van der Waals surface area contributed by atoms with Crippen molar-refractivity contribution in [3.8, 4) is 5.75 Å². The molecule has 0 unspecified atom stereocenters. The molecule has 0 heterocycles. The number of imide groups is 1. The number of hydrogen-bond donors (Lipinski definition) is 2. The lowest BCUT2D eigenvalue weighted by molar-refractivity contribution is -0.121. The monoisotopic (exact) mass is 307 g/mol. The van der Waals surface area contributed by atoms with Crippen LogP contribution in [0.5, 0.6) is 5.75 Å². The van der Waals surface area contributed by atoms with Crippen molar-refractivity contribution in [1.29, 1.82) is 0 Å². The Labute approximate surface area is 131 Å². The van der Waals surface area contributed by atoms with Crippen molar-refractivity contribution in [2.24, 2.45) is 0 Å². The number of ether oxygens (including phenoxy) is 1. The first kappa shape index (κ1) is 18.0. The molecule has 0 bridgehead atoms. The maximum absolute atomic E-state index is 11.8. The molecule has 0 saturated heterocycles. The zero-order valence-electron chi connectivity index (χ0n) is 13.9. The van der Waals surface area contributed by atoms with Gasteiger partial charge in [0, 0.05) is 18.2 Å². The number of benzene rings is 1. The number of amides is 3. The van der Waals surface area contributed by atoms with Crippen molar-refractivity contribution >= 4 is 11.9 Å². The number of nitrogens with zero attached hydrogens (tertiary/aromatic N) is 1. The smallest absolute Gasteiger partial charge is 0.321 e. The summed E-state index contributed by atoms with van der Waals surface area (Å²) in [6, 6.07) is 5.43. The summed E-state index contributed by atoms with van der Waals surface area (Å²) in [4.78, 5) is 25.1. The van der Waals surface area contributed by atoms with E-state index in [2.05, 4.69) is 10.6 Å². The zero-order chi connectivity index (χ0) is 16.7. The first-order chi connectivity index (χ1) is 10.3. The van der Waals surface area contributed by atoms with Crippen molar-refractivity contribution in [3.63, 3.8) is 0 Å². The Morgan fingerprint density at radius 3 is 2.59 bits per heavy atom. The van der Waals surface area contributed by atoms with E-state index in [9.17, 15) is 9.59 Å². The Bertz CT molecular complexity index is 529. The van der Waals surface area contributed by atoms with Crippen molar-refractivity contribution in [1.82, 2.24) is 15.5 Å². The van der Waals surface area contributed by atoms with E-state index in [0.29, 0.717) is 6.54 Å². The summed E-state index contributed by atoms with van der Waals surface area (Å²) >= 11 is 0. The van der Waals surface area contributed by atoms with Crippen LogP contribution in [0.3, 0.4) is 0 Å². The number of aryl methyl sites for hydroxylation is 1. The molecule has 0 radical (unpaired) electrons. The van der Waals surface area contributed by atoms with E-state index in [1.807, 2.05) is 50.9 Å². The Hall–Kier alpha value is -2.08. The van der Waals surface area contributed by atoms with Gasteiger partial charge in [0.05, 0.1) is 13.7 Å². The first-order valence-electron chi connectivity index (χ1n) is 7.24. The van der Waals surface area contributed by atoms with Crippen LogP contribution in [0.1, 0.15) is 25.0 Å². The highest BCUT2D eigenvalue weighted by Crippen LogP contribution is 2.20. The van der Waals surface area contributed by atoms with Gasteiger partial charge in [-0.3, -0.25) is 15.0 Å². The average Bonchev–Trinajstić information content (AvgIpc) is 2.37. The summed E-state index contributed by atoms with van der Waals surface area (Å²) in [6.07, 6.45) is 0. The van der Waals surface area contributed by atoms with Crippen LogP contribution in [0.4, 0.5) is 4.79 Å². The third-order valence-corrected chi connectivity index (χ3v) is 2.96. The summed E-state index contributed by atoms with van der Waals surface area (Å²) in [5.74, 6) is 0.447. The number of urea groups is 1. The first-order valence-corrected chi connectivity index (χ1v) is 7.24. The van der Waals surface area contributed by atoms with Crippen molar-refractivity contribution in [2.75, 3.05) is 20.7 Å². The molecule has 0 aromatic heterocycles. The van der Waals surface area contributed by atoms with Crippen LogP contribution in [0, 0.1) is 6.92 Å². The number of likely N-dealkylation sites (N-methyl/N-ethyl adjacent to an activating group) is 1. The van der Waals surface area contributed by atoms with E-state index < -0.39 is 6.03 Å². The maximum atomic E-state index is 11.8. The largest absolute Gasteiger partial charge is 0.496 e. The summed E-state index contributed by atoms with van der Waals surface area (Å²) in [5, 5.41) is 4.92. The average molecular weight is 307 g/mol. The molecule has 6 nitrogen and oxygen atoms in total. The SMILES string of the molecule is COc1ccc(C)cc1CN(C)CC(=O)NC(=O)NC(C)C. The molecule has 1 aromatic rings. The van der Waals surface area contributed by atoms with E-state index in [1.54, 1.807) is 7.11 Å². The number of rotatable bonds is 6. The number of nitrogens with one attached hydrogen (secondary N) is 2. The number of carbonyl (C=O) groups is 2. The molecule has 1 aromatic carbocycles. The topological polar surface area (TPSA) is 70.7 Å². The third kappa shape index (κ3) is 6.13. The van der Waals surface area contributed by atoms with Gasteiger partial charge in [-0.2, -0.15) is 0 Å². The van der Waals surface area contributed by atoms with Gasteiger partial charge in [-0.15, -0.1) is 0 Å². The third-order valence-electron chi connectivity index (χ3n) is 2.96. The molecule has 1 rings (SSSR count). The van der Waals surface area contributed by atoms with Crippen LogP contribution in [-0.2, 0) is 11.3 Å². The van der Waals surface area contributed by atoms with Gasteiger partial charge in [0.25, 0.3) is 0 Å². The van der Waals surface area contributed by atoms with Crippen molar-refractivity contribution < 1.29 is 14.3 Å². The molecular weight excluding hydrogens is 282 g/mol. The normalized spacial score (nSPS) is 10.7. The summed E-state index contributed by atoms with van der Waals surface area (Å²) in [5.41, 5.74) is 2.13. The highest BCUT2D eigenvalue weighted by atomic mass is 16.5. The van der Waals surface area contributed by atoms with Crippen LogP contribution in [0.2, 0.25) is 0 Å². The van der Waals surface area contributed by atoms with Crippen LogP contribution < -0.4 is 15.4 Å². The second-order valence-corrected chi connectivity index (χ2v) is 5.66.